The van der Waals surface area contributed by atoms with Crippen molar-refractivity contribution in [1.82, 2.24) is 0 Å². The fourth-order valence-electron chi connectivity index (χ4n) is 2.59. The predicted octanol–water partition coefficient (Wildman–Crippen LogP) is 4.09. The molecule has 0 bridgehead atoms. The summed E-state index contributed by atoms with van der Waals surface area (Å²) in [6.07, 6.45) is -2.03. The first-order valence-electron chi connectivity index (χ1n) is 6.34. The van der Waals surface area contributed by atoms with Gasteiger partial charge >= 0.3 is 6.18 Å². The number of hydrogen-bond donors (Lipinski definition) is 1. The lowest BCUT2D eigenvalue weighted by molar-refractivity contribution is -0.184. The number of alkyl halides is 3. The molecular weight excluding hydrogens is 253 g/mol. The van der Waals surface area contributed by atoms with Gasteiger partial charge in [-0.2, -0.15) is 18.4 Å². The quantitative estimate of drug-likeness (QED) is 0.876. The monoisotopic (exact) mass is 268 g/mol. The summed E-state index contributed by atoms with van der Waals surface area (Å²) in [6, 6.07) is 7.98. The fourth-order valence-corrected chi connectivity index (χ4v) is 2.59. The average Bonchev–Trinajstić information content (AvgIpc) is 2.38. The third-order valence-electron chi connectivity index (χ3n) is 3.53. The SMILES string of the molecule is N#Cc1cccc(NC2CCCCC2C(F)(F)F)c1. The van der Waals surface area contributed by atoms with Crippen LogP contribution in [0.2, 0.25) is 0 Å². The minimum absolute atomic E-state index is 0.180. The van der Waals surface area contributed by atoms with E-state index < -0.39 is 18.1 Å². The Labute approximate surface area is 110 Å². The van der Waals surface area contributed by atoms with Gasteiger partial charge in [-0.05, 0) is 31.0 Å². The summed E-state index contributed by atoms with van der Waals surface area (Å²) >= 11 is 0. The molecule has 2 atom stereocenters. The molecule has 1 saturated carbocycles. The highest BCUT2D eigenvalue weighted by Crippen LogP contribution is 2.39. The summed E-state index contributed by atoms with van der Waals surface area (Å²) in [5.74, 6) is -1.30. The van der Waals surface area contributed by atoms with Crippen LogP contribution in [0.4, 0.5) is 18.9 Å². The number of anilines is 1. The maximum Gasteiger partial charge on any atom is 0.393 e. The van der Waals surface area contributed by atoms with E-state index in [0.29, 0.717) is 24.1 Å². The summed E-state index contributed by atoms with van der Waals surface area (Å²) in [7, 11) is 0. The molecule has 0 amide bonds. The standard InChI is InChI=1S/C14H15F3N2/c15-14(16,17)12-6-1-2-7-13(12)19-11-5-3-4-10(8-11)9-18/h3-5,8,12-13,19H,1-2,6-7H2. The Morgan fingerprint density at radius 2 is 1.95 bits per heavy atom. The molecule has 0 aliphatic heterocycles. The normalized spacial score (nSPS) is 23.7. The van der Waals surface area contributed by atoms with Crippen molar-refractivity contribution in [2.45, 2.75) is 37.9 Å². The molecule has 0 radical (unpaired) electrons. The molecule has 0 heterocycles. The second-order valence-corrected chi connectivity index (χ2v) is 4.88. The number of nitrogens with one attached hydrogen (secondary N) is 1. The van der Waals surface area contributed by atoms with Gasteiger partial charge in [0.2, 0.25) is 0 Å². The van der Waals surface area contributed by atoms with E-state index in [1.165, 1.54) is 0 Å². The van der Waals surface area contributed by atoms with Crippen LogP contribution >= 0.6 is 0 Å². The van der Waals surface area contributed by atoms with Gasteiger partial charge < -0.3 is 5.32 Å². The second kappa shape index (κ2) is 5.52. The highest BCUT2D eigenvalue weighted by Gasteiger charge is 2.45. The van der Waals surface area contributed by atoms with Crippen molar-refractivity contribution >= 4 is 5.69 Å². The zero-order chi connectivity index (χ0) is 13.9. The third-order valence-corrected chi connectivity index (χ3v) is 3.53. The van der Waals surface area contributed by atoms with Gasteiger partial charge in [0.25, 0.3) is 0 Å². The van der Waals surface area contributed by atoms with E-state index in [4.69, 9.17) is 5.26 Å². The lowest BCUT2D eigenvalue weighted by Crippen LogP contribution is -2.41. The van der Waals surface area contributed by atoms with Gasteiger partial charge in [0.1, 0.15) is 0 Å². The summed E-state index contributed by atoms with van der Waals surface area (Å²) in [6.45, 7) is 0. The zero-order valence-corrected chi connectivity index (χ0v) is 10.4. The smallest absolute Gasteiger partial charge is 0.382 e. The average molecular weight is 268 g/mol. The minimum atomic E-state index is -4.16. The van der Waals surface area contributed by atoms with Crippen LogP contribution in [0.5, 0.6) is 0 Å². The fraction of sp³-hybridized carbons (Fsp3) is 0.500. The zero-order valence-electron chi connectivity index (χ0n) is 10.4. The van der Waals surface area contributed by atoms with Crippen molar-refractivity contribution in [2.75, 3.05) is 5.32 Å². The first kappa shape index (κ1) is 13.7. The molecule has 2 unspecified atom stereocenters. The van der Waals surface area contributed by atoms with Gasteiger partial charge in [-0.25, -0.2) is 0 Å². The van der Waals surface area contributed by atoms with E-state index in [0.717, 1.165) is 6.42 Å². The van der Waals surface area contributed by atoms with E-state index >= 15 is 0 Å². The van der Waals surface area contributed by atoms with Crippen molar-refractivity contribution in [3.8, 4) is 6.07 Å². The molecule has 5 heteroatoms. The molecule has 1 aliphatic carbocycles. The number of hydrogen-bond acceptors (Lipinski definition) is 2. The maximum atomic E-state index is 12.9. The molecule has 1 aromatic carbocycles. The first-order valence-corrected chi connectivity index (χ1v) is 6.34. The third kappa shape index (κ3) is 3.40. The molecule has 1 fully saturated rings. The van der Waals surface area contributed by atoms with Gasteiger partial charge in [0.15, 0.2) is 0 Å². The lowest BCUT2D eigenvalue weighted by Gasteiger charge is -2.34. The van der Waals surface area contributed by atoms with Crippen molar-refractivity contribution in [3.63, 3.8) is 0 Å². The largest absolute Gasteiger partial charge is 0.393 e. The molecule has 0 spiro atoms. The summed E-state index contributed by atoms with van der Waals surface area (Å²) in [5.41, 5.74) is 1.03. The van der Waals surface area contributed by atoms with Crippen LogP contribution in [-0.2, 0) is 0 Å². The van der Waals surface area contributed by atoms with Crippen molar-refractivity contribution in [1.29, 1.82) is 5.26 Å². The molecule has 102 valence electrons. The summed E-state index contributed by atoms with van der Waals surface area (Å²) in [5, 5.41) is 11.7. The van der Waals surface area contributed by atoms with Crippen molar-refractivity contribution in [3.05, 3.63) is 29.8 Å². The molecule has 19 heavy (non-hydrogen) atoms. The van der Waals surface area contributed by atoms with Gasteiger partial charge in [-0.3, -0.25) is 0 Å². The van der Waals surface area contributed by atoms with Gasteiger partial charge in [-0.1, -0.05) is 18.9 Å². The molecule has 1 N–H and O–H groups in total. The Kier molecular flexibility index (Phi) is 3.98. The van der Waals surface area contributed by atoms with E-state index in [9.17, 15) is 13.2 Å². The maximum absolute atomic E-state index is 12.9. The van der Waals surface area contributed by atoms with E-state index in [2.05, 4.69) is 5.32 Å². The van der Waals surface area contributed by atoms with Gasteiger partial charge in [-0.15, -0.1) is 0 Å². The molecule has 2 rings (SSSR count). The minimum Gasteiger partial charge on any atom is -0.382 e. The molecule has 0 aromatic heterocycles. The number of rotatable bonds is 2. The summed E-state index contributed by atoms with van der Waals surface area (Å²) in [4.78, 5) is 0. The Morgan fingerprint density at radius 3 is 2.63 bits per heavy atom. The van der Waals surface area contributed by atoms with Crippen LogP contribution in [-0.4, -0.2) is 12.2 Å². The first-order chi connectivity index (χ1) is 9.00. The molecule has 1 aromatic rings. The Morgan fingerprint density at radius 1 is 1.21 bits per heavy atom. The molecule has 2 nitrogen and oxygen atoms in total. The lowest BCUT2D eigenvalue weighted by atomic mass is 9.84. The van der Waals surface area contributed by atoms with E-state index in [-0.39, 0.29) is 6.42 Å². The van der Waals surface area contributed by atoms with Gasteiger partial charge in [0.05, 0.1) is 17.6 Å². The predicted molar refractivity (Wildman–Crippen MR) is 66.6 cm³/mol. The summed E-state index contributed by atoms with van der Waals surface area (Å²) < 4.78 is 38.8. The number of nitriles is 1. The molecular formula is C14H15F3N2. The van der Waals surface area contributed by atoms with E-state index in [1.807, 2.05) is 6.07 Å². The van der Waals surface area contributed by atoms with Crippen LogP contribution < -0.4 is 5.32 Å². The van der Waals surface area contributed by atoms with Crippen molar-refractivity contribution in [2.24, 2.45) is 5.92 Å². The van der Waals surface area contributed by atoms with Crippen LogP contribution in [0.15, 0.2) is 24.3 Å². The van der Waals surface area contributed by atoms with Crippen LogP contribution in [0.25, 0.3) is 0 Å². The Hall–Kier alpha value is -1.70. The number of nitrogens with zero attached hydrogens (tertiary/aromatic N) is 1. The number of halogens is 3. The molecule has 1 aliphatic rings. The van der Waals surface area contributed by atoms with Crippen molar-refractivity contribution < 1.29 is 13.2 Å². The van der Waals surface area contributed by atoms with Crippen LogP contribution in [0, 0.1) is 17.2 Å². The molecule has 0 saturated heterocycles. The Balaban J connectivity index is 2.13. The number of benzene rings is 1. The Bertz CT molecular complexity index is 476. The highest BCUT2D eigenvalue weighted by molar-refractivity contribution is 5.49. The van der Waals surface area contributed by atoms with E-state index in [1.54, 1.807) is 24.3 Å². The second-order valence-electron chi connectivity index (χ2n) is 4.88. The highest BCUT2D eigenvalue weighted by atomic mass is 19.4. The van der Waals surface area contributed by atoms with Crippen LogP contribution in [0.1, 0.15) is 31.2 Å². The van der Waals surface area contributed by atoms with Gasteiger partial charge in [0, 0.05) is 11.7 Å². The topological polar surface area (TPSA) is 35.8 Å². The van der Waals surface area contributed by atoms with Crippen LogP contribution in [0.3, 0.4) is 0 Å².